The zero-order chi connectivity index (χ0) is 14.3. The molecule has 0 radical (unpaired) electrons. The number of nitrogens with one attached hydrogen (secondary N) is 1. The summed E-state index contributed by atoms with van der Waals surface area (Å²) in [4.78, 5) is 8.34. The minimum absolute atomic E-state index is 0.411. The standard InChI is InChI=1S/C15H29N3S/c1-6-9-16-13(5)14-10-17-15(19-14)18(8-3)11-12(4)7-2/h10,12-13,16H,6-9,11H2,1-5H3. The molecule has 0 aliphatic carbocycles. The van der Waals surface area contributed by atoms with Gasteiger partial charge < -0.3 is 10.2 Å². The minimum Gasteiger partial charge on any atom is -0.348 e. The summed E-state index contributed by atoms with van der Waals surface area (Å²) in [6.07, 6.45) is 4.43. The third-order valence-corrected chi connectivity index (χ3v) is 4.76. The fourth-order valence-electron chi connectivity index (χ4n) is 1.93. The normalized spacial score (nSPS) is 14.4. The molecule has 1 rings (SSSR count). The van der Waals surface area contributed by atoms with Crippen molar-refractivity contribution in [3.8, 4) is 0 Å². The van der Waals surface area contributed by atoms with Gasteiger partial charge in [-0.2, -0.15) is 0 Å². The second-order valence-corrected chi connectivity index (χ2v) is 6.31. The fourth-order valence-corrected chi connectivity index (χ4v) is 2.95. The van der Waals surface area contributed by atoms with Crippen LogP contribution in [0.25, 0.3) is 0 Å². The minimum atomic E-state index is 0.411. The van der Waals surface area contributed by atoms with Gasteiger partial charge in [0.2, 0.25) is 0 Å². The van der Waals surface area contributed by atoms with Gasteiger partial charge in [0.15, 0.2) is 5.13 Å². The van der Waals surface area contributed by atoms with Gasteiger partial charge in [-0.15, -0.1) is 11.3 Å². The van der Waals surface area contributed by atoms with Crippen molar-refractivity contribution in [2.45, 2.75) is 53.5 Å². The molecule has 2 unspecified atom stereocenters. The van der Waals surface area contributed by atoms with Gasteiger partial charge in [-0.3, -0.25) is 0 Å². The highest BCUT2D eigenvalue weighted by molar-refractivity contribution is 7.15. The molecule has 1 N–H and O–H groups in total. The van der Waals surface area contributed by atoms with E-state index in [0.29, 0.717) is 6.04 Å². The van der Waals surface area contributed by atoms with E-state index in [0.717, 1.165) is 25.6 Å². The van der Waals surface area contributed by atoms with Crippen LogP contribution >= 0.6 is 11.3 Å². The van der Waals surface area contributed by atoms with Gasteiger partial charge in [0.05, 0.1) is 0 Å². The van der Waals surface area contributed by atoms with Crippen molar-refractivity contribution in [3.63, 3.8) is 0 Å². The van der Waals surface area contributed by atoms with Gasteiger partial charge in [0.1, 0.15) is 0 Å². The molecule has 0 amide bonds. The molecule has 1 aromatic rings. The van der Waals surface area contributed by atoms with Gasteiger partial charge in [-0.05, 0) is 32.7 Å². The zero-order valence-electron chi connectivity index (χ0n) is 13.1. The van der Waals surface area contributed by atoms with Crippen molar-refractivity contribution in [3.05, 3.63) is 11.1 Å². The monoisotopic (exact) mass is 283 g/mol. The van der Waals surface area contributed by atoms with Gasteiger partial charge in [-0.1, -0.05) is 27.2 Å². The summed E-state index contributed by atoms with van der Waals surface area (Å²) in [5.74, 6) is 0.725. The molecule has 1 heterocycles. The smallest absolute Gasteiger partial charge is 0.185 e. The van der Waals surface area contributed by atoms with Crippen LogP contribution in [-0.4, -0.2) is 24.6 Å². The molecule has 0 fully saturated rings. The van der Waals surface area contributed by atoms with E-state index >= 15 is 0 Å². The van der Waals surface area contributed by atoms with Crippen LogP contribution in [0.15, 0.2) is 6.20 Å². The third kappa shape index (κ3) is 5.11. The van der Waals surface area contributed by atoms with Crippen molar-refractivity contribution in [2.24, 2.45) is 5.92 Å². The average Bonchev–Trinajstić information content (AvgIpc) is 2.91. The largest absolute Gasteiger partial charge is 0.348 e. The highest BCUT2D eigenvalue weighted by atomic mass is 32.1. The maximum Gasteiger partial charge on any atom is 0.185 e. The highest BCUT2D eigenvalue weighted by Gasteiger charge is 2.14. The van der Waals surface area contributed by atoms with Crippen LogP contribution in [0.3, 0.4) is 0 Å². The van der Waals surface area contributed by atoms with Gasteiger partial charge in [0.25, 0.3) is 0 Å². The lowest BCUT2D eigenvalue weighted by Crippen LogP contribution is -2.27. The Morgan fingerprint density at radius 1 is 1.32 bits per heavy atom. The lowest BCUT2D eigenvalue weighted by atomic mass is 10.1. The van der Waals surface area contributed by atoms with Crippen LogP contribution in [0.5, 0.6) is 0 Å². The summed E-state index contributed by atoms with van der Waals surface area (Å²) in [5.41, 5.74) is 0. The first kappa shape index (κ1) is 16.4. The SMILES string of the molecule is CCCNC(C)c1cnc(N(CC)CC(C)CC)s1. The Hall–Kier alpha value is -0.610. The second kappa shape index (κ2) is 8.54. The topological polar surface area (TPSA) is 28.2 Å². The van der Waals surface area contributed by atoms with E-state index < -0.39 is 0 Å². The van der Waals surface area contributed by atoms with E-state index in [1.807, 2.05) is 17.5 Å². The van der Waals surface area contributed by atoms with Crippen molar-refractivity contribution in [2.75, 3.05) is 24.5 Å². The van der Waals surface area contributed by atoms with Crippen LogP contribution in [0, 0.1) is 5.92 Å². The fraction of sp³-hybridized carbons (Fsp3) is 0.800. The Morgan fingerprint density at radius 3 is 2.63 bits per heavy atom. The van der Waals surface area contributed by atoms with Crippen LogP contribution in [0.2, 0.25) is 0 Å². The number of thiazole rings is 1. The molecule has 0 bridgehead atoms. The average molecular weight is 283 g/mol. The van der Waals surface area contributed by atoms with Gasteiger partial charge in [-0.25, -0.2) is 4.98 Å². The molecule has 0 saturated carbocycles. The van der Waals surface area contributed by atoms with Crippen molar-refractivity contribution < 1.29 is 0 Å². The maximum absolute atomic E-state index is 4.61. The first-order valence-corrected chi connectivity index (χ1v) is 8.37. The molecule has 3 nitrogen and oxygen atoms in total. The first-order chi connectivity index (χ1) is 9.12. The Bertz CT molecular complexity index is 351. The van der Waals surface area contributed by atoms with Gasteiger partial charge in [0, 0.05) is 30.2 Å². The summed E-state index contributed by atoms with van der Waals surface area (Å²) >= 11 is 1.83. The van der Waals surface area contributed by atoms with Crippen molar-refractivity contribution in [1.29, 1.82) is 0 Å². The molecular formula is C15H29N3S. The van der Waals surface area contributed by atoms with E-state index in [1.165, 1.54) is 22.9 Å². The van der Waals surface area contributed by atoms with Gasteiger partial charge >= 0.3 is 0 Å². The molecule has 0 spiro atoms. The number of hydrogen-bond donors (Lipinski definition) is 1. The van der Waals surface area contributed by atoms with Crippen LogP contribution < -0.4 is 10.2 Å². The predicted octanol–water partition coefficient (Wildman–Crippen LogP) is 4.08. The lowest BCUT2D eigenvalue weighted by molar-refractivity contribution is 0.547. The highest BCUT2D eigenvalue weighted by Crippen LogP contribution is 2.27. The lowest BCUT2D eigenvalue weighted by Gasteiger charge is -2.23. The van der Waals surface area contributed by atoms with E-state index in [9.17, 15) is 0 Å². The Morgan fingerprint density at radius 2 is 2.05 bits per heavy atom. The van der Waals surface area contributed by atoms with Crippen LogP contribution in [0.1, 0.15) is 58.4 Å². The number of hydrogen-bond acceptors (Lipinski definition) is 4. The van der Waals surface area contributed by atoms with E-state index in [-0.39, 0.29) is 0 Å². The Balaban J connectivity index is 2.65. The molecule has 0 aromatic carbocycles. The number of nitrogens with zero attached hydrogens (tertiary/aromatic N) is 2. The summed E-state index contributed by atoms with van der Waals surface area (Å²) in [5, 5.41) is 4.69. The number of anilines is 1. The van der Waals surface area contributed by atoms with Crippen molar-refractivity contribution >= 4 is 16.5 Å². The molecule has 4 heteroatoms. The molecule has 0 aliphatic heterocycles. The molecular weight excluding hydrogens is 254 g/mol. The first-order valence-electron chi connectivity index (χ1n) is 7.56. The van der Waals surface area contributed by atoms with Crippen molar-refractivity contribution in [1.82, 2.24) is 10.3 Å². The number of aromatic nitrogens is 1. The van der Waals surface area contributed by atoms with E-state index in [2.05, 4.69) is 49.8 Å². The number of rotatable bonds is 9. The second-order valence-electron chi connectivity index (χ2n) is 5.27. The Labute approximate surface area is 122 Å². The maximum atomic E-state index is 4.61. The third-order valence-electron chi connectivity index (χ3n) is 3.52. The van der Waals surface area contributed by atoms with Crippen LogP contribution in [-0.2, 0) is 0 Å². The Kier molecular flexibility index (Phi) is 7.39. The molecule has 2 atom stereocenters. The summed E-state index contributed by atoms with van der Waals surface area (Å²) in [6, 6.07) is 0.411. The molecule has 1 aromatic heterocycles. The van der Waals surface area contributed by atoms with E-state index in [1.54, 1.807) is 0 Å². The molecule has 110 valence electrons. The molecule has 0 saturated heterocycles. The molecule has 0 aliphatic rings. The summed E-state index contributed by atoms with van der Waals surface area (Å²) in [6.45, 7) is 14.4. The summed E-state index contributed by atoms with van der Waals surface area (Å²) in [7, 11) is 0. The summed E-state index contributed by atoms with van der Waals surface area (Å²) < 4.78 is 0. The molecule has 19 heavy (non-hydrogen) atoms. The zero-order valence-corrected chi connectivity index (χ0v) is 13.9. The van der Waals surface area contributed by atoms with E-state index in [4.69, 9.17) is 0 Å². The van der Waals surface area contributed by atoms with Crippen LogP contribution in [0.4, 0.5) is 5.13 Å². The predicted molar refractivity (Wildman–Crippen MR) is 86.2 cm³/mol. The quantitative estimate of drug-likeness (QED) is 0.740.